The van der Waals surface area contributed by atoms with Crippen molar-refractivity contribution in [3.05, 3.63) is 39.9 Å². The molecule has 0 saturated carbocycles. The lowest BCUT2D eigenvalue weighted by atomic mass is 10.2. The molecule has 0 fully saturated rings. The smallest absolute Gasteiger partial charge is 0.283 e. The van der Waals surface area contributed by atoms with E-state index in [1.165, 1.54) is 18.2 Å². The standard InChI is InChI=1S/C10H12F2N2O5S/c11-10(12,7-15)6-13-20(18,19)5-8-3-1-2-4-9(8)14(16)17/h1-4,13,15H,5-7H2. The van der Waals surface area contributed by atoms with Crippen LogP contribution in [0.5, 0.6) is 0 Å². The molecule has 10 heteroatoms. The molecule has 0 atom stereocenters. The summed E-state index contributed by atoms with van der Waals surface area (Å²) >= 11 is 0. The Balaban J connectivity index is 2.85. The van der Waals surface area contributed by atoms with Crippen molar-refractivity contribution in [3.8, 4) is 0 Å². The van der Waals surface area contributed by atoms with Gasteiger partial charge in [0.1, 0.15) is 6.61 Å². The van der Waals surface area contributed by atoms with Crippen molar-refractivity contribution in [2.75, 3.05) is 13.2 Å². The maximum atomic E-state index is 12.7. The Morgan fingerprint density at radius 3 is 2.50 bits per heavy atom. The molecule has 1 rings (SSSR count). The summed E-state index contributed by atoms with van der Waals surface area (Å²) in [7, 11) is -4.18. The minimum Gasteiger partial charge on any atom is -0.390 e. The number of benzene rings is 1. The molecule has 0 saturated heterocycles. The molecule has 2 N–H and O–H groups in total. The Morgan fingerprint density at radius 2 is 1.95 bits per heavy atom. The van der Waals surface area contributed by atoms with E-state index in [0.717, 1.165) is 6.07 Å². The van der Waals surface area contributed by atoms with Gasteiger partial charge in [0.2, 0.25) is 10.0 Å². The van der Waals surface area contributed by atoms with Gasteiger partial charge in [-0.25, -0.2) is 21.9 Å². The fourth-order valence-corrected chi connectivity index (χ4v) is 2.52. The van der Waals surface area contributed by atoms with Gasteiger partial charge in [-0.15, -0.1) is 0 Å². The molecule has 0 aliphatic heterocycles. The third-order valence-corrected chi connectivity index (χ3v) is 3.59. The van der Waals surface area contributed by atoms with Gasteiger partial charge in [0, 0.05) is 11.6 Å². The Kier molecular flexibility index (Phi) is 5.09. The van der Waals surface area contributed by atoms with Crippen molar-refractivity contribution in [3.63, 3.8) is 0 Å². The summed E-state index contributed by atoms with van der Waals surface area (Å²) < 4.78 is 50.3. The zero-order valence-electron chi connectivity index (χ0n) is 10.1. The average Bonchev–Trinajstić information content (AvgIpc) is 2.37. The van der Waals surface area contributed by atoms with Crippen molar-refractivity contribution in [1.29, 1.82) is 0 Å². The zero-order chi connectivity index (χ0) is 15.4. The van der Waals surface area contributed by atoms with E-state index in [1.54, 1.807) is 4.72 Å². The van der Waals surface area contributed by atoms with Crippen molar-refractivity contribution < 1.29 is 27.2 Å². The summed E-state index contributed by atoms with van der Waals surface area (Å²) in [5.41, 5.74) is -0.524. The number of hydrogen-bond donors (Lipinski definition) is 2. The van der Waals surface area contributed by atoms with Crippen LogP contribution in [0.15, 0.2) is 24.3 Å². The van der Waals surface area contributed by atoms with Crippen LogP contribution in [0.3, 0.4) is 0 Å². The number of sulfonamides is 1. The lowest BCUT2D eigenvalue weighted by Crippen LogP contribution is -2.39. The second-order valence-corrected chi connectivity index (χ2v) is 5.79. The van der Waals surface area contributed by atoms with Gasteiger partial charge in [-0.3, -0.25) is 10.1 Å². The number of nitro benzene ring substituents is 1. The summed E-state index contributed by atoms with van der Waals surface area (Å²) in [5.74, 6) is -4.39. The van der Waals surface area contributed by atoms with Crippen LogP contribution in [-0.4, -0.2) is 37.5 Å². The Bertz CT molecular complexity index is 591. The fraction of sp³-hybridized carbons (Fsp3) is 0.400. The number of nitrogens with one attached hydrogen (secondary N) is 1. The van der Waals surface area contributed by atoms with Gasteiger partial charge in [0.15, 0.2) is 0 Å². The van der Waals surface area contributed by atoms with Gasteiger partial charge < -0.3 is 5.11 Å². The first kappa shape index (κ1) is 16.4. The summed E-state index contributed by atoms with van der Waals surface area (Å²) in [6.07, 6.45) is 0. The molecular weight excluding hydrogens is 298 g/mol. The molecule has 112 valence electrons. The predicted molar refractivity (Wildman–Crippen MR) is 65.8 cm³/mol. The SMILES string of the molecule is O=[N+]([O-])c1ccccc1CS(=O)(=O)NCC(F)(F)CO. The third kappa shape index (κ3) is 4.79. The van der Waals surface area contributed by atoms with E-state index in [9.17, 15) is 27.3 Å². The minimum atomic E-state index is -4.18. The van der Waals surface area contributed by atoms with E-state index >= 15 is 0 Å². The highest BCUT2D eigenvalue weighted by molar-refractivity contribution is 7.88. The fourth-order valence-electron chi connectivity index (χ4n) is 1.34. The maximum Gasteiger partial charge on any atom is 0.283 e. The quantitative estimate of drug-likeness (QED) is 0.567. The number of nitro groups is 1. The average molecular weight is 310 g/mol. The van der Waals surface area contributed by atoms with E-state index in [-0.39, 0.29) is 5.56 Å². The third-order valence-electron chi connectivity index (χ3n) is 2.32. The Labute approximate surface area is 113 Å². The van der Waals surface area contributed by atoms with Gasteiger partial charge in [-0.1, -0.05) is 18.2 Å². The monoisotopic (exact) mass is 310 g/mol. The summed E-state index contributed by atoms with van der Waals surface area (Å²) in [6.45, 7) is -2.77. The van der Waals surface area contributed by atoms with Crippen molar-refractivity contribution in [2.45, 2.75) is 11.7 Å². The van der Waals surface area contributed by atoms with Crippen LogP contribution in [0.2, 0.25) is 0 Å². The number of halogens is 2. The van der Waals surface area contributed by atoms with Crippen LogP contribution in [0.1, 0.15) is 5.56 Å². The number of nitrogens with zero attached hydrogens (tertiary/aromatic N) is 1. The van der Waals surface area contributed by atoms with E-state index in [2.05, 4.69) is 0 Å². The number of aliphatic hydroxyl groups is 1. The van der Waals surface area contributed by atoms with E-state index in [4.69, 9.17) is 5.11 Å². The number of aliphatic hydroxyl groups excluding tert-OH is 1. The highest BCUT2D eigenvalue weighted by Gasteiger charge is 2.30. The highest BCUT2D eigenvalue weighted by Crippen LogP contribution is 2.20. The van der Waals surface area contributed by atoms with Crippen molar-refractivity contribution in [2.24, 2.45) is 0 Å². The minimum absolute atomic E-state index is 0.114. The number of para-hydroxylation sites is 1. The normalized spacial score (nSPS) is 12.3. The highest BCUT2D eigenvalue weighted by atomic mass is 32.2. The van der Waals surface area contributed by atoms with Gasteiger partial charge in [0.25, 0.3) is 11.6 Å². The van der Waals surface area contributed by atoms with Crippen molar-refractivity contribution in [1.82, 2.24) is 4.72 Å². The van der Waals surface area contributed by atoms with Gasteiger partial charge >= 0.3 is 0 Å². The molecule has 0 amide bonds. The first-order valence-corrected chi connectivity index (χ1v) is 7.00. The van der Waals surface area contributed by atoms with Crippen molar-refractivity contribution >= 4 is 15.7 Å². The molecule has 0 aliphatic carbocycles. The molecule has 0 heterocycles. The molecule has 1 aromatic rings. The van der Waals surface area contributed by atoms with Gasteiger partial charge in [-0.05, 0) is 0 Å². The molecule has 0 aliphatic rings. The van der Waals surface area contributed by atoms with Gasteiger partial charge in [0.05, 0.1) is 17.2 Å². The van der Waals surface area contributed by atoms with E-state index in [1.807, 2.05) is 0 Å². The Hall–Kier alpha value is -1.65. The summed E-state index contributed by atoms with van der Waals surface area (Å²) in [6, 6.07) is 5.11. The summed E-state index contributed by atoms with van der Waals surface area (Å²) in [4.78, 5) is 9.95. The Morgan fingerprint density at radius 1 is 1.35 bits per heavy atom. The number of alkyl halides is 2. The van der Waals surface area contributed by atoms with Crippen LogP contribution >= 0.6 is 0 Å². The lowest BCUT2D eigenvalue weighted by molar-refractivity contribution is -0.385. The zero-order valence-corrected chi connectivity index (χ0v) is 10.9. The van der Waals surface area contributed by atoms with E-state index < -0.39 is 45.5 Å². The van der Waals surface area contributed by atoms with Crippen LogP contribution in [-0.2, 0) is 15.8 Å². The number of rotatable bonds is 7. The predicted octanol–water partition coefficient (Wildman–Crippen LogP) is 0.642. The molecule has 1 aromatic carbocycles. The molecule has 20 heavy (non-hydrogen) atoms. The second kappa shape index (κ2) is 6.20. The molecule has 0 unspecified atom stereocenters. The largest absolute Gasteiger partial charge is 0.390 e. The molecule has 0 bridgehead atoms. The first-order chi connectivity index (χ1) is 9.17. The molecular formula is C10H12F2N2O5S. The lowest BCUT2D eigenvalue weighted by Gasteiger charge is -2.14. The first-order valence-electron chi connectivity index (χ1n) is 5.35. The van der Waals surface area contributed by atoms with Crippen LogP contribution in [0.25, 0.3) is 0 Å². The molecule has 0 aromatic heterocycles. The summed E-state index contributed by atoms with van der Waals surface area (Å²) in [5, 5.41) is 19.0. The molecule has 0 spiro atoms. The molecule has 0 radical (unpaired) electrons. The molecule has 7 nitrogen and oxygen atoms in total. The topological polar surface area (TPSA) is 110 Å². The second-order valence-electron chi connectivity index (χ2n) is 3.98. The number of hydrogen-bond acceptors (Lipinski definition) is 5. The van der Waals surface area contributed by atoms with Crippen LogP contribution in [0, 0.1) is 10.1 Å². The van der Waals surface area contributed by atoms with E-state index in [0.29, 0.717) is 0 Å². The van der Waals surface area contributed by atoms with Crippen LogP contribution < -0.4 is 4.72 Å². The van der Waals surface area contributed by atoms with Crippen LogP contribution in [0.4, 0.5) is 14.5 Å². The van der Waals surface area contributed by atoms with Gasteiger partial charge in [-0.2, -0.15) is 0 Å². The maximum absolute atomic E-state index is 12.7.